The maximum Gasteiger partial charge on any atom is 0.248 e. The van der Waals surface area contributed by atoms with Gasteiger partial charge in [0.1, 0.15) is 5.54 Å². The van der Waals surface area contributed by atoms with Crippen LogP contribution >= 0.6 is 0 Å². The highest BCUT2D eigenvalue weighted by Crippen LogP contribution is 2.44. The Morgan fingerprint density at radius 3 is 2.33 bits per heavy atom. The summed E-state index contributed by atoms with van der Waals surface area (Å²) in [4.78, 5) is 26.8. The van der Waals surface area contributed by atoms with Gasteiger partial charge in [0.25, 0.3) is 0 Å². The summed E-state index contributed by atoms with van der Waals surface area (Å²) in [7, 11) is 0. The first-order chi connectivity index (χ1) is 8.56. The Balaban J connectivity index is 1.90. The van der Waals surface area contributed by atoms with E-state index in [1.807, 2.05) is 4.90 Å². The lowest BCUT2D eigenvalue weighted by atomic mass is 9.80. The molecular weight excluding hydrogens is 228 g/mol. The van der Waals surface area contributed by atoms with Crippen molar-refractivity contribution in [1.29, 1.82) is 0 Å². The highest BCUT2D eigenvalue weighted by Gasteiger charge is 2.53. The molecule has 2 saturated carbocycles. The predicted molar refractivity (Wildman–Crippen MR) is 67.9 cm³/mol. The van der Waals surface area contributed by atoms with E-state index in [0.29, 0.717) is 13.0 Å². The molecular formula is C14H22N2O2. The van der Waals surface area contributed by atoms with Gasteiger partial charge in [-0.25, -0.2) is 0 Å². The minimum atomic E-state index is -0.572. The smallest absolute Gasteiger partial charge is 0.248 e. The molecule has 0 aromatic carbocycles. The molecule has 0 atom stereocenters. The van der Waals surface area contributed by atoms with Crippen LogP contribution < -0.4 is 5.32 Å². The van der Waals surface area contributed by atoms with E-state index in [0.717, 1.165) is 38.5 Å². The molecule has 4 heteroatoms. The Morgan fingerprint density at radius 1 is 1.06 bits per heavy atom. The fraction of sp³-hybridized carbons (Fsp3) is 0.857. The van der Waals surface area contributed by atoms with Gasteiger partial charge in [-0.3, -0.25) is 9.59 Å². The largest absolute Gasteiger partial charge is 0.342 e. The van der Waals surface area contributed by atoms with Gasteiger partial charge >= 0.3 is 0 Å². The average Bonchev–Trinajstić information content (AvgIpc) is 3.09. The van der Waals surface area contributed by atoms with Gasteiger partial charge in [-0.1, -0.05) is 19.3 Å². The van der Waals surface area contributed by atoms with Crippen LogP contribution in [0.3, 0.4) is 0 Å². The van der Waals surface area contributed by atoms with Gasteiger partial charge in [0, 0.05) is 18.5 Å². The molecule has 100 valence electrons. The summed E-state index contributed by atoms with van der Waals surface area (Å²) in [6.07, 6.45) is 7.57. The second kappa shape index (κ2) is 3.97. The van der Waals surface area contributed by atoms with Crippen molar-refractivity contribution < 1.29 is 9.59 Å². The number of nitrogens with one attached hydrogen (secondary N) is 1. The maximum atomic E-state index is 12.9. The summed E-state index contributed by atoms with van der Waals surface area (Å²) >= 11 is 0. The lowest BCUT2D eigenvalue weighted by Gasteiger charge is -2.40. The Hall–Kier alpha value is -1.06. The van der Waals surface area contributed by atoms with Crippen LogP contribution in [0.2, 0.25) is 0 Å². The average molecular weight is 250 g/mol. The third kappa shape index (κ3) is 1.82. The summed E-state index contributed by atoms with van der Waals surface area (Å²) in [6.45, 7) is 2.75. The molecule has 0 bridgehead atoms. The van der Waals surface area contributed by atoms with E-state index in [9.17, 15) is 9.59 Å². The van der Waals surface area contributed by atoms with Crippen LogP contribution in [0.25, 0.3) is 0 Å². The molecule has 2 aliphatic carbocycles. The monoisotopic (exact) mass is 250 g/mol. The fourth-order valence-corrected chi connectivity index (χ4v) is 3.42. The molecule has 0 radical (unpaired) electrons. The van der Waals surface area contributed by atoms with Crippen LogP contribution in [-0.2, 0) is 9.59 Å². The minimum Gasteiger partial charge on any atom is -0.342 e. The first-order valence-corrected chi connectivity index (χ1v) is 7.19. The van der Waals surface area contributed by atoms with Gasteiger partial charge in [0.15, 0.2) is 0 Å². The molecule has 0 aromatic rings. The Morgan fingerprint density at radius 2 is 1.72 bits per heavy atom. The summed E-state index contributed by atoms with van der Waals surface area (Å²) in [5.41, 5.74) is -0.536. The van der Waals surface area contributed by atoms with Crippen molar-refractivity contribution in [3.8, 4) is 0 Å². The SMILES string of the molecule is CC1(N2CCC(=O)NC3(CCCCC3)C2=O)CC1. The second-order valence-corrected chi connectivity index (χ2v) is 6.39. The van der Waals surface area contributed by atoms with Crippen LogP contribution in [0.5, 0.6) is 0 Å². The van der Waals surface area contributed by atoms with Gasteiger partial charge in [-0.15, -0.1) is 0 Å². The van der Waals surface area contributed by atoms with Crippen molar-refractivity contribution in [3.05, 3.63) is 0 Å². The standard InChI is InChI=1S/C14H22N2O2/c1-13(8-9-13)16-10-5-11(17)15-14(12(16)18)6-3-2-4-7-14/h2-10H2,1H3,(H,15,17). The fourth-order valence-electron chi connectivity index (χ4n) is 3.42. The lowest BCUT2D eigenvalue weighted by Crippen LogP contribution is -2.59. The highest BCUT2D eigenvalue weighted by molar-refractivity contribution is 5.94. The molecule has 3 aliphatic rings. The summed E-state index contributed by atoms with van der Waals surface area (Å²) < 4.78 is 0. The van der Waals surface area contributed by atoms with Crippen LogP contribution in [0.4, 0.5) is 0 Å². The van der Waals surface area contributed by atoms with Crippen LogP contribution in [0.15, 0.2) is 0 Å². The number of nitrogens with zero attached hydrogens (tertiary/aromatic N) is 1. The topological polar surface area (TPSA) is 49.4 Å². The van der Waals surface area contributed by atoms with E-state index in [2.05, 4.69) is 12.2 Å². The molecule has 18 heavy (non-hydrogen) atoms. The number of carbonyl (C=O) groups excluding carboxylic acids is 2. The molecule has 2 amide bonds. The molecule has 1 N–H and O–H groups in total. The van der Waals surface area contributed by atoms with Gasteiger partial charge in [0.05, 0.1) is 0 Å². The number of hydrogen-bond acceptors (Lipinski definition) is 2. The number of carbonyl (C=O) groups is 2. The predicted octanol–water partition coefficient (Wildman–Crippen LogP) is 1.59. The van der Waals surface area contributed by atoms with Crippen molar-refractivity contribution in [2.24, 2.45) is 0 Å². The van der Waals surface area contributed by atoms with Crippen molar-refractivity contribution in [3.63, 3.8) is 0 Å². The quantitative estimate of drug-likeness (QED) is 0.768. The van der Waals surface area contributed by atoms with Crippen LogP contribution in [0.1, 0.15) is 58.3 Å². The molecule has 0 unspecified atom stereocenters. The van der Waals surface area contributed by atoms with E-state index in [1.54, 1.807) is 0 Å². The molecule has 3 rings (SSSR count). The van der Waals surface area contributed by atoms with E-state index in [4.69, 9.17) is 0 Å². The van der Waals surface area contributed by atoms with Crippen LogP contribution in [-0.4, -0.2) is 34.3 Å². The normalized spacial score (nSPS) is 29.9. The highest BCUT2D eigenvalue weighted by atomic mass is 16.2. The van der Waals surface area contributed by atoms with E-state index in [1.165, 1.54) is 6.42 Å². The molecule has 0 aromatic heterocycles. The molecule has 3 fully saturated rings. The van der Waals surface area contributed by atoms with Gasteiger partial charge in [-0.05, 0) is 32.6 Å². The zero-order valence-corrected chi connectivity index (χ0v) is 11.1. The zero-order chi connectivity index (χ0) is 12.8. The lowest BCUT2D eigenvalue weighted by molar-refractivity contribution is -0.142. The summed E-state index contributed by atoms with van der Waals surface area (Å²) in [6, 6.07) is 0. The minimum absolute atomic E-state index is 0.0355. The van der Waals surface area contributed by atoms with Crippen molar-refractivity contribution >= 4 is 11.8 Å². The number of hydrogen-bond donors (Lipinski definition) is 1. The zero-order valence-electron chi connectivity index (χ0n) is 11.1. The third-order valence-electron chi connectivity index (χ3n) is 4.93. The molecule has 1 heterocycles. The third-order valence-corrected chi connectivity index (χ3v) is 4.93. The molecule has 1 spiro atoms. The second-order valence-electron chi connectivity index (χ2n) is 6.39. The van der Waals surface area contributed by atoms with Gasteiger partial charge in [0.2, 0.25) is 11.8 Å². The van der Waals surface area contributed by atoms with Crippen molar-refractivity contribution in [1.82, 2.24) is 10.2 Å². The summed E-state index contributed by atoms with van der Waals surface area (Å²) in [5, 5.41) is 3.04. The molecule has 1 aliphatic heterocycles. The number of amides is 2. The number of rotatable bonds is 1. The van der Waals surface area contributed by atoms with Gasteiger partial charge in [-0.2, -0.15) is 0 Å². The van der Waals surface area contributed by atoms with E-state index in [-0.39, 0.29) is 17.4 Å². The van der Waals surface area contributed by atoms with Crippen molar-refractivity contribution in [2.45, 2.75) is 69.4 Å². The first kappa shape index (κ1) is 12.0. The van der Waals surface area contributed by atoms with Gasteiger partial charge < -0.3 is 10.2 Å². The first-order valence-electron chi connectivity index (χ1n) is 7.19. The Bertz CT molecular complexity index is 381. The molecule has 4 nitrogen and oxygen atoms in total. The van der Waals surface area contributed by atoms with Crippen LogP contribution in [0, 0.1) is 0 Å². The van der Waals surface area contributed by atoms with Crippen molar-refractivity contribution in [2.75, 3.05) is 6.54 Å². The Labute approximate surface area is 108 Å². The summed E-state index contributed by atoms with van der Waals surface area (Å²) in [5.74, 6) is 0.241. The molecule has 1 saturated heterocycles. The van der Waals surface area contributed by atoms with E-state index < -0.39 is 5.54 Å². The van der Waals surface area contributed by atoms with E-state index >= 15 is 0 Å². The Kier molecular flexibility index (Phi) is 2.65. The maximum absolute atomic E-state index is 12.9.